The van der Waals surface area contributed by atoms with Crippen LogP contribution in [0.3, 0.4) is 0 Å². The van der Waals surface area contributed by atoms with Crippen LogP contribution in [0.15, 0.2) is 28.8 Å². The summed E-state index contributed by atoms with van der Waals surface area (Å²) in [4.78, 5) is 13.1. The minimum Gasteiger partial charge on any atom is -0.485 e. The molecule has 3 rings (SSSR count). The summed E-state index contributed by atoms with van der Waals surface area (Å²) in [6, 6.07) is 4.20. The minimum absolute atomic E-state index is 0.174. The second kappa shape index (κ2) is 3.70. The molecule has 2 nitrogen and oxygen atoms in total. The highest BCUT2D eigenvalue weighted by Gasteiger charge is 2.54. The second-order valence-electron chi connectivity index (χ2n) is 4.94. The van der Waals surface area contributed by atoms with E-state index in [2.05, 4.69) is 17.5 Å². The van der Waals surface area contributed by atoms with Crippen molar-refractivity contribution in [2.24, 2.45) is 5.92 Å². The van der Waals surface area contributed by atoms with Crippen molar-refractivity contribution in [1.82, 2.24) is 0 Å². The first kappa shape index (κ1) is 11.0. The molecule has 1 aromatic heterocycles. The largest absolute Gasteiger partial charge is 0.485 e. The molecule has 0 aromatic carbocycles. The predicted octanol–water partition coefficient (Wildman–Crippen LogP) is 3.64. The van der Waals surface area contributed by atoms with Crippen molar-refractivity contribution >= 4 is 17.1 Å². The number of ether oxygens (including phenoxy) is 1. The lowest BCUT2D eigenvalue weighted by atomic mass is 9.84. The van der Waals surface area contributed by atoms with Crippen molar-refractivity contribution in [2.75, 3.05) is 0 Å². The Hall–Kier alpha value is -1.09. The minimum atomic E-state index is -0.223. The van der Waals surface area contributed by atoms with Gasteiger partial charge in [-0.05, 0) is 44.6 Å². The van der Waals surface area contributed by atoms with Crippen molar-refractivity contribution in [3.8, 4) is 0 Å². The Balaban J connectivity index is 2.07. The summed E-state index contributed by atoms with van der Waals surface area (Å²) in [5.74, 6) is 1.29. The first-order chi connectivity index (χ1) is 8.15. The number of rotatable bonds is 2. The summed E-state index contributed by atoms with van der Waals surface area (Å²) < 4.78 is 6.16. The number of carbonyl (C=O) groups excluding carboxylic acids is 1. The van der Waals surface area contributed by atoms with Crippen LogP contribution < -0.4 is 0 Å². The zero-order chi connectivity index (χ0) is 12.0. The van der Waals surface area contributed by atoms with E-state index >= 15 is 0 Å². The van der Waals surface area contributed by atoms with Crippen molar-refractivity contribution in [3.05, 3.63) is 33.7 Å². The molecule has 1 saturated carbocycles. The Bertz CT molecular complexity index is 486. The van der Waals surface area contributed by atoms with Gasteiger partial charge < -0.3 is 4.74 Å². The average molecular weight is 248 g/mol. The Labute approximate surface area is 105 Å². The molecule has 1 fully saturated rings. The molecular formula is C14H16O2S. The van der Waals surface area contributed by atoms with Crippen molar-refractivity contribution in [2.45, 2.75) is 38.7 Å². The molecule has 2 atom stereocenters. The molecule has 90 valence electrons. The van der Waals surface area contributed by atoms with Crippen molar-refractivity contribution in [1.29, 1.82) is 0 Å². The van der Waals surface area contributed by atoms with Gasteiger partial charge in [-0.25, -0.2) is 0 Å². The monoisotopic (exact) mass is 248 g/mol. The highest BCUT2D eigenvalue weighted by atomic mass is 32.1. The fraction of sp³-hybridized carbons (Fsp3) is 0.500. The molecular weight excluding hydrogens is 232 g/mol. The number of Topliss-reactive ketones (excluding diaryl/α,β-unsaturated/α-hetero) is 1. The van der Waals surface area contributed by atoms with E-state index in [0.717, 1.165) is 30.6 Å². The number of fused-ring (bicyclic) bond motifs is 1. The van der Waals surface area contributed by atoms with Crippen LogP contribution in [-0.4, -0.2) is 5.78 Å². The Kier molecular flexibility index (Phi) is 2.40. The van der Waals surface area contributed by atoms with Gasteiger partial charge in [0.2, 0.25) is 0 Å². The molecule has 0 spiro atoms. The summed E-state index contributed by atoms with van der Waals surface area (Å²) in [6.45, 7) is 3.59. The van der Waals surface area contributed by atoms with Gasteiger partial charge in [0.1, 0.15) is 11.4 Å². The molecule has 0 bridgehead atoms. The van der Waals surface area contributed by atoms with Crippen LogP contribution in [0.2, 0.25) is 0 Å². The zero-order valence-corrected chi connectivity index (χ0v) is 11.0. The smallest absolute Gasteiger partial charge is 0.159 e. The molecule has 1 aliphatic heterocycles. The van der Waals surface area contributed by atoms with E-state index in [0.29, 0.717) is 0 Å². The fourth-order valence-electron chi connectivity index (χ4n) is 3.41. The van der Waals surface area contributed by atoms with E-state index in [1.807, 2.05) is 6.92 Å². The summed E-state index contributed by atoms with van der Waals surface area (Å²) >= 11 is 1.74. The zero-order valence-electron chi connectivity index (χ0n) is 10.2. The number of hydrogen-bond acceptors (Lipinski definition) is 3. The van der Waals surface area contributed by atoms with Crippen LogP contribution in [-0.2, 0) is 15.1 Å². The summed E-state index contributed by atoms with van der Waals surface area (Å²) in [6.07, 6.45) is 3.25. The Morgan fingerprint density at radius 3 is 3.06 bits per heavy atom. The average Bonchev–Trinajstić information content (AvgIpc) is 2.88. The third-order valence-corrected chi connectivity index (χ3v) is 5.01. The molecule has 2 unspecified atom stereocenters. The number of hydrogen-bond donors (Lipinski definition) is 0. The second-order valence-corrected chi connectivity index (χ2v) is 5.89. The molecule has 0 amide bonds. The normalized spacial score (nSPS) is 31.5. The fourth-order valence-corrected chi connectivity index (χ4v) is 4.35. The molecule has 2 heterocycles. The molecule has 1 aliphatic carbocycles. The molecule has 3 heteroatoms. The lowest BCUT2D eigenvalue weighted by Crippen LogP contribution is -2.29. The van der Waals surface area contributed by atoms with Gasteiger partial charge in [-0.3, -0.25) is 4.79 Å². The standard InChI is InChI=1S/C14H16O2S/c1-9(15)13-10(2)16-14(7-3-5-11(13)14)12-6-4-8-17-12/h4,6,8,11H,3,5,7H2,1-2H3. The maximum atomic E-state index is 11.8. The molecule has 1 aromatic rings. The molecule has 17 heavy (non-hydrogen) atoms. The van der Waals surface area contributed by atoms with E-state index in [4.69, 9.17) is 4.74 Å². The van der Waals surface area contributed by atoms with Gasteiger partial charge in [0.25, 0.3) is 0 Å². The van der Waals surface area contributed by atoms with Crippen molar-refractivity contribution < 1.29 is 9.53 Å². The molecule has 0 radical (unpaired) electrons. The van der Waals surface area contributed by atoms with Crippen LogP contribution in [0.1, 0.15) is 38.0 Å². The summed E-state index contributed by atoms with van der Waals surface area (Å²) in [7, 11) is 0. The SMILES string of the molecule is CC(=O)C1=C(C)OC2(c3cccs3)CCCC12. The van der Waals surface area contributed by atoms with Crippen LogP contribution in [0.5, 0.6) is 0 Å². The predicted molar refractivity (Wildman–Crippen MR) is 67.8 cm³/mol. The van der Waals surface area contributed by atoms with Crippen LogP contribution >= 0.6 is 11.3 Å². The molecule has 0 N–H and O–H groups in total. The number of thiophene rings is 1. The first-order valence-electron chi connectivity index (χ1n) is 6.10. The van der Waals surface area contributed by atoms with Crippen LogP contribution in [0, 0.1) is 5.92 Å². The van der Waals surface area contributed by atoms with Gasteiger partial charge in [-0.1, -0.05) is 6.07 Å². The van der Waals surface area contributed by atoms with Gasteiger partial charge in [0.15, 0.2) is 5.78 Å². The van der Waals surface area contributed by atoms with Crippen molar-refractivity contribution in [3.63, 3.8) is 0 Å². The summed E-state index contributed by atoms with van der Waals surface area (Å²) in [5.41, 5.74) is 0.704. The number of allylic oxidation sites excluding steroid dienone is 1. The Morgan fingerprint density at radius 2 is 2.41 bits per heavy atom. The number of carbonyl (C=O) groups is 1. The lowest BCUT2D eigenvalue weighted by Gasteiger charge is -2.29. The van der Waals surface area contributed by atoms with E-state index in [-0.39, 0.29) is 17.3 Å². The molecule has 0 saturated heterocycles. The third-order valence-electron chi connectivity index (χ3n) is 3.98. The van der Waals surface area contributed by atoms with Gasteiger partial charge in [0, 0.05) is 16.4 Å². The highest BCUT2D eigenvalue weighted by Crippen LogP contribution is 2.56. The van der Waals surface area contributed by atoms with Gasteiger partial charge in [0.05, 0.1) is 0 Å². The van der Waals surface area contributed by atoms with E-state index in [1.165, 1.54) is 4.88 Å². The van der Waals surface area contributed by atoms with Gasteiger partial charge >= 0.3 is 0 Å². The summed E-state index contributed by atoms with van der Waals surface area (Å²) in [5, 5.41) is 2.09. The van der Waals surface area contributed by atoms with Crippen LogP contribution in [0.25, 0.3) is 0 Å². The lowest BCUT2D eigenvalue weighted by molar-refractivity contribution is -0.114. The van der Waals surface area contributed by atoms with Crippen LogP contribution in [0.4, 0.5) is 0 Å². The quantitative estimate of drug-likeness (QED) is 0.798. The third kappa shape index (κ3) is 1.41. The van der Waals surface area contributed by atoms with Gasteiger partial charge in [-0.15, -0.1) is 11.3 Å². The van der Waals surface area contributed by atoms with E-state index < -0.39 is 0 Å². The highest BCUT2D eigenvalue weighted by molar-refractivity contribution is 7.10. The van der Waals surface area contributed by atoms with E-state index in [1.54, 1.807) is 18.3 Å². The number of ketones is 1. The maximum absolute atomic E-state index is 11.8. The van der Waals surface area contributed by atoms with E-state index in [9.17, 15) is 4.79 Å². The topological polar surface area (TPSA) is 26.3 Å². The Morgan fingerprint density at radius 1 is 1.59 bits per heavy atom. The molecule has 2 aliphatic rings. The maximum Gasteiger partial charge on any atom is 0.159 e. The van der Waals surface area contributed by atoms with Gasteiger partial charge in [-0.2, -0.15) is 0 Å². The first-order valence-corrected chi connectivity index (χ1v) is 6.98.